The first-order valence-electron chi connectivity index (χ1n) is 9.97. The summed E-state index contributed by atoms with van der Waals surface area (Å²) in [6.07, 6.45) is 1.60. The van der Waals surface area contributed by atoms with E-state index in [0.717, 1.165) is 5.56 Å². The van der Waals surface area contributed by atoms with Crippen LogP contribution in [0.25, 0.3) is 5.78 Å². The van der Waals surface area contributed by atoms with Gasteiger partial charge >= 0.3 is 0 Å². The second-order valence-electron chi connectivity index (χ2n) is 7.55. The van der Waals surface area contributed by atoms with E-state index in [1.54, 1.807) is 47.4 Å². The Labute approximate surface area is 179 Å². The Kier molecular flexibility index (Phi) is 5.53. The summed E-state index contributed by atoms with van der Waals surface area (Å²) in [4.78, 5) is 33.4. The van der Waals surface area contributed by atoms with Crippen LogP contribution in [-0.2, 0) is 6.61 Å². The minimum Gasteiger partial charge on any atom is -0.487 e. The van der Waals surface area contributed by atoms with Crippen LogP contribution in [0.3, 0.4) is 0 Å². The third-order valence-electron chi connectivity index (χ3n) is 4.80. The van der Waals surface area contributed by atoms with Gasteiger partial charge in [0.05, 0.1) is 5.69 Å². The summed E-state index contributed by atoms with van der Waals surface area (Å²) in [7, 11) is 0. The van der Waals surface area contributed by atoms with E-state index in [0.29, 0.717) is 28.5 Å². The predicted molar refractivity (Wildman–Crippen MR) is 118 cm³/mol. The highest BCUT2D eigenvalue weighted by molar-refractivity contribution is 6.04. The fourth-order valence-electron chi connectivity index (χ4n) is 3.11. The van der Waals surface area contributed by atoms with Crippen LogP contribution in [0.1, 0.15) is 41.5 Å². The number of amides is 1. The number of nitrogens with zero attached hydrogens (tertiary/aromatic N) is 4. The molecule has 158 valence electrons. The first-order chi connectivity index (χ1) is 14.9. The molecule has 0 unspecified atom stereocenters. The molecule has 4 rings (SSSR count). The van der Waals surface area contributed by atoms with Crippen molar-refractivity contribution in [2.75, 3.05) is 5.32 Å². The molecular formula is C23H23N5O3. The number of anilines is 1. The number of carbonyl (C=O) groups excluding carboxylic acids is 1. The molecule has 0 aliphatic heterocycles. The van der Waals surface area contributed by atoms with Crippen molar-refractivity contribution in [1.29, 1.82) is 0 Å². The van der Waals surface area contributed by atoms with Crippen LogP contribution in [0.15, 0.2) is 65.7 Å². The zero-order valence-electron chi connectivity index (χ0n) is 17.6. The van der Waals surface area contributed by atoms with Gasteiger partial charge in [-0.15, -0.1) is 0 Å². The van der Waals surface area contributed by atoms with Crippen molar-refractivity contribution in [2.24, 2.45) is 0 Å². The Morgan fingerprint density at radius 1 is 1.10 bits per heavy atom. The number of nitrogens with one attached hydrogen (secondary N) is 1. The van der Waals surface area contributed by atoms with Crippen LogP contribution in [0, 0.1) is 6.92 Å². The summed E-state index contributed by atoms with van der Waals surface area (Å²) in [6, 6.07) is 16.0. The molecule has 8 heteroatoms. The van der Waals surface area contributed by atoms with Crippen LogP contribution < -0.4 is 15.6 Å². The van der Waals surface area contributed by atoms with Gasteiger partial charge in [0, 0.05) is 23.4 Å². The van der Waals surface area contributed by atoms with Crippen molar-refractivity contribution < 1.29 is 9.53 Å². The highest BCUT2D eigenvalue weighted by Crippen LogP contribution is 2.18. The second kappa shape index (κ2) is 8.43. The Hall–Kier alpha value is -3.94. The smallest absolute Gasteiger partial charge is 0.274 e. The molecule has 0 saturated carbocycles. The number of aryl methyl sites for hydroxylation is 1. The van der Waals surface area contributed by atoms with E-state index in [2.05, 4.69) is 15.3 Å². The molecule has 0 spiro atoms. The Morgan fingerprint density at radius 2 is 1.81 bits per heavy atom. The minimum atomic E-state index is -0.205. The first-order valence-corrected chi connectivity index (χ1v) is 9.97. The van der Waals surface area contributed by atoms with E-state index in [1.165, 1.54) is 10.6 Å². The highest BCUT2D eigenvalue weighted by atomic mass is 16.5. The fraction of sp³-hybridized carbons (Fsp3) is 0.217. The normalized spacial score (nSPS) is 11.1. The van der Waals surface area contributed by atoms with Gasteiger partial charge in [-0.2, -0.15) is 9.50 Å². The van der Waals surface area contributed by atoms with Gasteiger partial charge in [0.15, 0.2) is 0 Å². The molecule has 0 aliphatic carbocycles. The largest absolute Gasteiger partial charge is 0.487 e. The lowest BCUT2D eigenvalue weighted by molar-refractivity contribution is 0.102. The van der Waals surface area contributed by atoms with Crippen LogP contribution in [-0.4, -0.2) is 25.1 Å². The summed E-state index contributed by atoms with van der Waals surface area (Å²) >= 11 is 0. The molecule has 2 aromatic carbocycles. The van der Waals surface area contributed by atoms with Crippen molar-refractivity contribution in [3.63, 3.8) is 0 Å². The Morgan fingerprint density at radius 3 is 2.48 bits per heavy atom. The molecule has 8 nitrogen and oxygen atoms in total. The standard InChI is InChI=1S/C23H23N5O3/c1-15(2)27-14-24-23-26-19(12-21(29)28(23)27)13-31-20-10-8-18(9-11-20)25-22(30)17-6-4-16(3)5-7-17/h4-12,14-15H,13H2,1-3H3,(H,25,30). The van der Waals surface area contributed by atoms with E-state index >= 15 is 0 Å². The lowest BCUT2D eigenvalue weighted by atomic mass is 10.1. The second-order valence-corrected chi connectivity index (χ2v) is 7.55. The summed E-state index contributed by atoms with van der Waals surface area (Å²) in [6.45, 7) is 6.05. The summed E-state index contributed by atoms with van der Waals surface area (Å²) in [5.74, 6) is 0.768. The van der Waals surface area contributed by atoms with Gasteiger partial charge in [-0.3, -0.25) is 14.3 Å². The number of carbonyl (C=O) groups is 1. The summed E-state index contributed by atoms with van der Waals surface area (Å²) < 4.78 is 8.93. The predicted octanol–water partition coefficient (Wildman–Crippen LogP) is 3.61. The zero-order valence-corrected chi connectivity index (χ0v) is 17.6. The van der Waals surface area contributed by atoms with E-state index < -0.39 is 0 Å². The van der Waals surface area contributed by atoms with Crippen molar-refractivity contribution >= 4 is 17.4 Å². The fourth-order valence-corrected chi connectivity index (χ4v) is 3.11. The van der Waals surface area contributed by atoms with Crippen LogP contribution in [0.5, 0.6) is 5.75 Å². The monoisotopic (exact) mass is 417 g/mol. The molecule has 0 bridgehead atoms. The van der Waals surface area contributed by atoms with Gasteiger partial charge in [0.2, 0.25) is 0 Å². The molecule has 4 aromatic rings. The number of fused-ring (bicyclic) bond motifs is 1. The van der Waals surface area contributed by atoms with Gasteiger partial charge in [-0.05, 0) is 57.2 Å². The maximum atomic E-state index is 12.4. The Balaban J connectivity index is 1.41. The maximum absolute atomic E-state index is 12.4. The lowest BCUT2D eigenvalue weighted by Crippen LogP contribution is -2.23. The average Bonchev–Trinajstić information content (AvgIpc) is 3.19. The molecule has 31 heavy (non-hydrogen) atoms. The molecule has 0 saturated heterocycles. The molecular weight excluding hydrogens is 394 g/mol. The first kappa shape index (κ1) is 20.3. The van der Waals surface area contributed by atoms with Crippen molar-refractivity contribution in [3.05, 3.63) is 88.1 Å². The molecule has 1 N–H and O–H groups in total. The van der Waals surface area contributed by atoms with E-state index in [9.17, 15) is 9.59 Å². The molecule has 1 amide bonds. The average molecular weight is 417 g/mol. The number of hydrogen-bond acceptors (Lipinski definition) is 5. The topological polar surface area (TPSA) is 90.5 Å². The van der Waals surface area contributed by atoms with E-state index in [4.69, 9.17) is 4.74 Å². The molecule has 2 heterocycles. The lowest BCUT2D eigenvalue weighted by Gasteiger charge is -2.10. The SMILES string of the molecule is Cc1ccc(C(=O)Nc2ccc(OCc3cc(=O)n4c(ncn4C(C)C)n3)cc2)cc1. The van der Waals surface area contributed by atoms with Crippen molar-refractivity contribution in [2.45, 2.75) is 33.4 Å². The number of ether oxygens (including phenoxy) is 1. The zero-order chi connectivity index (χ0) is 22.0. The van der Waals surface area contributed by atoms with Crippen molar-refractivity contribution in [3.8, 4) is 5.75 Å². The quantitative estimate of drug-likeness (QED) is 0.518. The summed E-state index contributed by atoms with van der Waals surface area (Å²) in [5.41, 5.74) is 2.65. The van der Waals surface area contributed by atoms with Gasteiger partial charge in [-0.1, -0.05) is 17.7 Å². The summed E-state index contributed by atoms with van der Waals surface area (Å²) in [5, 5.41) is 2.86. The maximum Gasteiger partial charge on any atom is 0.274 e. The minimum absolute atomic E-state index is 0.0941. The van der Waals surface area contributed by atoms with Gasteiger partial charge in [0.1, 0.15) is 18.7 Å². The van der Waals surface area contributed by atoms with Crippen LogP contribution in [0.2, 0.25) is 0 Å². The third-order valence-corrected chi connectivity index (χ3v) is 4.80. The number of benzene rings is 2. The Bertz CT molecular complexity index is 1270. The van der Waals surface area contributed by atoms with Crippen molar-refractivity contribution in [1.82, 2.24) is 19.2 Å². The third kappa shape index (κ3) is 4.48. The number of hydrogen-bond donors (Lipinski definition) is 1. The highest BCUT2D eigenvalue weighted by Gasteiger charge is 2.11. The molecule has 0 fully saturated rings. The van der Waals surface area contributed by atoms with E-state index in [1.807, 2.05) is 32.9 Å². The number of rotatable bonds is 6. The van der Waals surface area contributed by atoms with Crippen LogP contribution >= 0.6 is 0 Å². The van der Waals surface area contributed by atoms with Crippen LogP contribution in [0.4, 0.5) is 5.69 Å². The molecule has 0 atom stereocenters. The number of aromatic nitrogens is 4. The van der Waals surface area contributed by atoms with Gasteiger partial charge in [-0.25, -0.2) is 4.98 Å². The van der Waals surface area contributed by atoms with Gasteiger partial charge < -0.3 is 10.1 Å². The van der Waals surface area contributed by atoms with Gasteiger partial charge in [0.25, 0.3) is 17.2 Å². The molecule has 2 aromatic heterocycles. The molecule has 0 aliphatic rings. The molecule has 0 radical (unpaired) electrons. The van der Waals surface area contributed by atoms with E-state index in [-0.39, 0.29) is 24.1 Å².